The van der Waals surface area contributed by atoms with E-state index in [4.69, 9.17) is 0 Å². The van der Waals surface area contributed by atoms with Crippen molar-refractivity contribution in [3.8, 4) is 0 Å². The maximum Gasteiger partial charge on any atom is 0.261 e. The minimum Gasteiger partial charge on any atom is -0.315 e. The van der Waals surface area contributed by atoms with E-state index < -0.39 is 0 Å². The van der Waals surface area contributed by atoms with Crippen molar-refractivity contribution < 1.29 is 0 Å². The summed E-state index contributed by atoms with van der Waals surface area (Å²) >= 11 is 0. The van der Waals surface area contributed by atoms with Crippen LogP contribution < -0.4 is 10.9 Å². The minimum atomic E-state index is 0.0334. The molecule has 0 radical (unpaired) electrons. The van der Waals surface area contributed by atoms with Crippen LogP contribution in [0.25, 0.3) is 10.9 Å². The molecule has 1 unspecified atom stereocenters. The van der Waals surface area contributed by atoms with Crippen molar-refractivity contribution in [2.24, 2.45) is 0 Å². The lowest BCUT2D eigenvalue weighted by molar-refractivity contribution is 0.363. The fourth-order valence-corrected chi connectivity index (χ4v) is 2.32. The standard InChI is InChI=1S/C12H14N4O/c17-12-10-3-5-14-7-11(10)15-8-16(12)9-2-1-4-13-6-9/h3,5,7-9,13H,1-2,4,6H2. The molecule has 3 heterocycles. The molecule has 0 amide bonds. The fourth-order valence-electron chi connectivity index (χ4n) is 2.32. The van der Waals surface area contributed by atoms with Crippen LogP contribution in [0.5, 0.6) is 0 Å². The minimum absolute atomic E-state index is 0.0334. The summed E-state index contributed by atoms with van der Waals surface area (Å²) in [7, 11) is 0. The number of fused-ring (bicyclic) bond motifs is 1. The molecule has 1 fully saturated rings. The number of nitrogens with one attached hydrogen (secondary N) is 1. The Balaban J connectivity index is 2.11. The summed E-state index contributed by atoms with van der Waals surface area (Å²) in [4.78, 5) is 20.6. The number of hydrogen-bond acceptors (Lipinski definition) is 4. The van der Waals surface area contributed by atoms with E-state index in [1.54, 1.807) is 29.4 Å². The van der Waals surface area contributed by atoms with E-state index in [0.717, 1.165) is 25.9 Å². The normalized spacial score (nSPS) is 20.6. The van der Waals surface area contributed by atoms with Gasteiger partial charge >= 0.3 is 0 Å². The van der Waals surface area contributed by atoms with Crippen molar-refractivity contribution in [3.05, 3.63) is 35.1 Å². The second-order valence-electron chi connectivity index (χ2n) is 4.35. The lowest BCUT2D eigenvalue weighted by Crippen LogP contribution is -2.36. The molecule has 0 aromatic carbocycles. The molecule has 2 aromatic rings. The van der Waals surface area contributed by atoms with Crippen LogP contribution in [0.1, 0.15) is 18.9 Å². The van der Waals surface area contributed by atoms with Crippen LogP contribution in [0.3, 0.4) is 0 Å². The lowest BCUT2D eigenvalue weighted by atomic mass is 10.1. The molecule has 3 rings (SSSR count). The Hall–Kier alpha value is -1.75. The largest absolute Gasteiger partial charge is 0.315 e. The van der Waals surface area contributed by atoms with Gasteiger partial charge < -0.3 is 5.32 Å². The van der Waals surface area contributed by atoms with Crippen molar-refractivity contribution in [1.29, 1.82) is 0 Å². The van der Waals surface area contributed by atoms with E-state index >= 15 is 0 Å². The molecule has 1 aliphatic heterocycles. The van der Waals surface area contributed by atoms with E-state index in [1.807, 2.05) is 0 Å². The van der Waals surface area contributed by atoms with Crippen molar-refractivity contribution in [3.63, 3.8) is 0 Å². The maximum atomic E-state index is 12.3. The Morgan fingerprint density at radius 2 is 2.41 bits per heavy atom. The van der Waals surface area contributed by atoms with Gasteiger partial charge in [-0.2, -0.15) is 0 Å². The van der Waals surface area contributed by atoms with Crippen LogP contribution in [-0.2, 0) is 0 Å². The Kier molecular flexibility index (Phi) is 2.60. The quantitative estimate of drug-likeness (QED) is 0.784. The van der Waals surface area contributed by atoms with Gasteiger partial charge in [0.25, 0.3) is 5.56 Å². The molecule has 17 heavy (non-hydrogen) atoms. The Morgan fingerprint density at radius 1 is 1.47 bits per heavy atom. The smallest absolute Gasteiger partial charge is 0.261 e. The molecule has 5 heteroatoms. The predicted octanol–water partition coefficient (Wildman–Crippen LogP) is 0.716. The molecule has 2 aromatic heterocycles. The second kappa shape index (κ2) is 4.25. The average molecular weight is 230 g/mol. The zero-order valence-corrected chi connectivity index (χ0v) is 9.47. The van der Waals surface area contributed by atoms with Crippen LogP contribution >= 0.6 is 0 Å². The van der Waals surface area contributed by atoms with Gasteiger partial charge in [0.15, 0.2) is 0 Å². The molecule has 0 saturated carbocycles. The summed E-state index contributed by atoms with van der Waals surface area (Å²) in [6.07, 6.45) is 7.04. The molecule has 0 aliphatic carbocycles. The van der Waals surface area contributed by atoms with Gasteiger partial charge in [0.2, 0.25) is 0 Å². The molecule has 0 bridgehead atoms. The van der Waals surface area contributed by atoms with Crippen LogP contribution in [0, 0.1) is 0 Å². The van der Waals surface area contributed by atoms with Crippen LogP contribution in [0.2, 0.25) is 0 Å². The molecule has 1 atom stereocenters. The Morgan fingerprint density at radius 3 is 3.24 bits per heavy atom. The average Bonchev–Trinajstić information content (AvgIpc) is 2.40. The van der Waals surface area contributed by atoms with Gasteiger partial charge in [-0.3, -0.25) is 14.3 Å². The molecule has 1 aliphatic rings. The first-order chi connectivity index (χ1) is 8.36. The van der Waals surface area contributed by atoms with Gasteiger partial charge in [0.1, 0.15) is 0 Å². The second-order valence-corrected chi connectivity index (χ2v) is 4.35. The third-order valence-electron chi connectivity index (χ3n) is 3.25. The van der Waals surface area contributed by atoms with E-state index in [-0.39, 0.29) is 11.6 Å². The highest BCUT2D eigenvalue weighted by Gasteiger charge is 2.16. The molecule has 0 spiro atoms. The summed E-state index contributed by atoms with van der Waals surface area (Å²) in [5.41, 5.74) is 0.698. The van der Waals surface area contributed by atoms with Gasteiger partial charge in [-0.25, -0.2) is 4.98 Å². The highest BCUT2D eigenvalue weighted by atomic mass is 16.1. The Labute approximate surface area is 98.5 Å². The summed E-state index contributed by atoms with van der Waals surface area (Å²) in [6, 6.07) is 1.96. The molecule has 5 nitrogen and oxygen atoms in total. The van der Waals surface area contributed by atoms with E-state index in [9.17, 15) is 4.79 Å². The monoisotopic (exact) mass is 230 g/mol. The summed E-state index contributed by atoms with van der Waals surface area (Å²) < 4.78 is 1.74. The number of nitrogens with zero attached hydrogens (tertiary/aromatic N) is 3. The first kappa shape index (κ1) is 10.4. The van der Waals surface area contributed by atoms with Gasteiger partial charge in [-0.1, -0.05) is 0 Å². The number of pyridine rings is 1. The van der Waals surface area contributed by atoms with Crippen molar-refractivity contribution in [2.45, 2.75) is 18.9 Å². The van der Waals surface area contributed by atoms with Gasteiger partial charge in [0.05, 0.1) is 29.5 Å². The highest BCUT2D eigenvalue weighted by molar-refractivity contribution is 5.75. The molecule has 1 N–H and O–H groups in total. The van der Waals surface area contributed by atoms with Gasteiger partial charge in [0, 0.05) is 12.7 Å². The number of aromatic nitrogens is 3. The van der Waals surface area contributed by atoms with Crippen LogP contribution in [-0.4, -0.2) is 27.6 Å². The van der Waals surface area contributed by atoms with Gasteiger partial charge in [-0.15, -0.1) is 0 Å². The molecular formula is C12H14N4O. The first-order valence-corrected chi connectivity index (χ1v) is 5.88. The SMILES string of the molecule is O=c1c2ccncc2ncn1C1CCCNC1. The number of rotatable bonds is 1. The van der Waals surface area contributed by atoms with E-state index in [2.05, 4.69) is 15.3 Å². The zero-order chi connectivity index (χ0) is 11.7. The summed E-state index contributed by atoms with van der Waals surface area (Å²) in [6.45, 7) is 1.88. The molecule has 1 saturated heterocycles. The topological polar surface area (TPSA) is 59.8 Å². The van der Waals surface area contributed by atoms with Crippen LogP contribution in [0.4, 0.5) is 0 Å². The third kappa shape index (κ3) is 1.82. The predicted molar refractivity (Wildman–Crippen MR) is 64.9 cm³/mol. The van der Waals surface area contributed by atoms with E-state index in [0.29, 0.717) is 10.9 Å². The first-order valence-electron chi connectivity index (χ1n) is 5.88. The zero-order valence-electron chi connectivity index (χ0n) is 9.47. The summed E-state index contributed by atoms with van der Waals surface area (Å²) in [5.74, 6) is 0. The van der Waals surface area contributed by atoms with Crippen molar-refractivity contribution in [2.75, 3.05) is 13.1 Å². The Bertz CT molecular complexity index is 586. The molecule has 88 valence electrons. The van der Waals surface area contributed by atoms with Gasteiger partial charge in [-0.05, 0) is 25.5 Å². The van der Waals surface area contributed by atoms with E-state index in [1.165, 1.54) is 0 Å². The number of hydrogen-bond donors (Lipinski definition) is 1. The molecular weight excluding hydrogens is 216 g/mol. The fraction of sp³-hybridized carbons (Fsp3) is 0.417. The number of piperidine rings is 1. The van der Waals surface area contributed by atoms with Crippen molar-refractivity contribution >= 4 is 10.9 Å². The van der Waals surface area contributed by atoms with Crippen molar-refractivity contribution in [1.82, 2.24) is 19.9 Å². The highest BCUT2D eigenvalue weighted by Crippen LogP contribution is 2.15. The lowest BCUT2D eigenvalue weighted by Gasteiger charge is -2.24. The third-order valence-corrected chi connectivity index (χ3v) is 3.25. The summed E-state index contributed by atoms with van der Waals surface area (Å²) in [5, 5.41) is 3.96. The maximum absolute atomic E-state index is 12.3. The van der Waals surface area contributed by atoms with Crippen LogP contribution in [0.15, 0.2) is 29.6 Å².